The Morgan fingerprint density at radius 3 is 1.81 bits per heavy atom. The first kappa shape index (κ1) is 18.2. The van der Waals surface area contributed by atoms with E-state index >= 15 is 0 Å². The van der Waals surface area contributed by atoms with Crippen LogP contribution < -0.4 is 10.6 Å². The van der Waals surface area contributed by atoms with Crippen LogP contribution in [0.4, 0.5) is 11.4 Å². The lowest BCUT2D eigenvalue weighted by molar-refractivity contribution is 0.101. The first-order chi connectivity index (χ1) is 13.0. The molecule has 0 saturated carbocycles. The van der Waals surface area contributed by atoms with E-state index in [0.717, 1.165) is 11.1 Å². The van der Waals surface area contributed by atoms with E-state index in [1.165, 1.54) is 12.1 Å². The SMILES string of the molecule is Cc1ccccc1C(=O)Nc1ccc(O)c(NC(=O)c2ccccc2C)c1. The summed E-state index contributed by atoms with van der Waals surface area (Å²) in [6, 6.07) is 19.0. The normalized spacial score (nSPS) is 10.3. The van der Waals surface area contributed by atoms with Gasteiger partial charge in [0.1, 0.15) is 5.75 Å². The zero-order chi connectivity index (χ0) is 19.4. The molecular weight excluding hydrogens is 340 g/mol. The molecule has 0 fully saturated rings. The average Bonchev–Trinajstić information content (AvgIpc) is 2.65. The lowest BCUT2D eigenvalue weighted by Gasteiger charge is -2.12. The Kier molecular flexibility index (Phi) is 5.22. The molecule has 0 saturated heterocycles. The van der Waals surface area contributed by atoms with Crippen molar-refractivity contribution in [1.82, 2.24) is 0 Å². The molecule has 0 spiro atoms. The van der Waals surface area contributed by atoms with Crippen molar-refractivity contribution in [3.63, 3.8) is 0 Å². The number of phenols is 1. The number of phenolic OH excluding ortho intramolecular Hbond substituents is 1. The van der Waals surface area contributed by atoms with Crippen molar-refractivity contribution in [2.75, 3.05) is 10.6 Å². The molecule has 0 aliphatic carbocycles. The van der Waals surface area contributed by atoms with Gasteiger partial charge in [-0.3, -0.25) is 9.59 Å². The topological polar surface area (TPSA) is 78.4 Å². The Morgan fingerprint density at radius 2 is 1.26 bits per heavy atom. The smallest absolute Gasteiger partial charge is 0.256 e. The van der Waals surface area contributed by atoms with E-state index < -0.39 is 0 Å². The van der Waals surface area contributed by atoms with Gasteiger partial charge < -0.3 is 15.7 Å². The molecule has 3 aromatic carbocycles. The average molecular weight is 360 g/mol. The highest BCUT2D eigenvalue weighted by atomic mass is 16.3. The number of rotatable bonds is 4. The molecule has 2 amide bonds. The van der Waals surface area contributed by atoms with Crippen molar-refractivity contribution in [3.05, 3.63) is 89.0 Å². The third-order valence-corrected chi connectivity index (χ3v) is 4.28. The standard InChI is InChI=1S/C22H20N2O3/c1-14-7-3-5-9-17(14)21(26)23-16-11-12-20(25)19(13-16)24-22(27)18-10-6-4-8-15(18)2/h3-13,25H,1-2H3,(H,23,26)(H,24,27). The molecule has 3 N–H and O–H groups in total. The zero-order valence-corrected chi connectivity index (χ0v) is 15.1. The first-order valence-corrected chi connectivity index (χ1v) is 8.52. The maximum absolute atomic E-state index is 12.5. The third kappa shape index (κ3) is 4.15. The van der Waals surface area contributed by atoms with Crippen LogP contribution in [0.3, 0.4) is 0 Å². The van der Waals surface area contributed by atoms with Crippen LogP contribution >= 0.6 is 0 Å². The molecule has 0 unspecified atom stereocenters. The van der Waals surface area contributed by atoms with Gasteiger partial charge >= 0.3 is 0 Å². The molecule has 0 radical (unpaired) electrons. The minimum atomic E-state index is -0.328. The molecule has 3 rings (SSSR count). The van der Waals surface area contributed by atoms with Gasteiger partial charge in [0.05, 0.1) is 5.69 Å². The Bertz CT molecular complexity index is 1010. The van der Waals surface area contributed by atoms with E-state index in [4.69, 9.17) is 0 Å². The summed E-state index contributed by atoms with van der Waals surface area (Å²) in [7, 11) is 0. The number of hydrogen-bond acceptors (Lipinski definition) is 3. The molecule has 3 aromatic rings. The minimum Gasteiger partial charge on any atom is -0.506 e. The fourth-order valence-electron chi connectivity index (χ4n) is 2.76. The van der Waals surface area contributed by atoms with Crippen molar-refractivity contribution < 1.29 is 14.7 Å². The summed E-state index contributed by atoms with van der Waals surface area (Å²) in [5, 5.41) is 15.5. The Balaban J connectivity index is 1.80. The largest absolute Gasteiger partial charge is 0.506 e. The van der Waals surface area contributed by atoms with Gasteiger partial charge in [-0.2, -0.15) is 0 Å². The fraction of sp³-hybridized carbons (Fsp3) is 0.0909. The van der Waals surface area contributed by atoms with Crippen molar-refractivity contribution in [1.29, 1.82) is 0 Å². The second-order valence-corrected chi connectivity index (χ2v) is 6.27. The molecule has 136 valence electrons. The van der Waals surface area contributed by atoms with Crippen LogP contribution in [0, 0.1) is 13.8 Å². The van der Waals surface area contributed by atoms with Crippen LogP contribution in [-0.4, -0.2) is 16.9 Å². The van der Waals surface area contributed by atoms with Gasteiger partial charge in [0, 0.05) is 16.8 Å². The van der Waals surface area contributed by atoms with Crippen molar-refractivity contribution >= 4 is 23.2 Å². The number of hydrogen-bond donors (Lipinski definition) is 3. The van der Waals surface area contributed by atoms with E-state index in [1.54, 1.807) is 30.3 Å². The molecule has 0 aromatic heterocycles. The Labute approximate surface area is 157 Å². The number of anilines is 2. The summed E-state index contributed by atoms with van der Waals surface area (Å²) < 4.78 is 0. The lowest BCUT2D eigenvalue weighted by atomic mass is 10.1. The number of carbonyl (C=O) groups excluding carboxylic acids is 2. The molecule has 0 aliphatic rings. The summed E-state index contributed by atoms with van der Waals surface area (Å²) in [5.74, 6) is -0.661. The zero-order valence-electron chi connectivity index (χ0n) is 15.1. The number of amides is 2. The van der Waals surface area contributed by atoms with Crippen LogP contribution in [0.25, 0.3) is 0 Å². The number of nitrogens with one attached hydrogen (secondary N) is 2. The predicted octanol–water partition coefficient (Wildman–Crippen LogP) is 4.51. The minimum absolute atomic E-state index is 0.0779. The van der Waals surface area contributed by atoms with E-state index in [1.807, 2.05) is 38.1 Å². The van der Waals surface area contributed by atoms with Crippen molar-refractivity contribution in [2.45, 2.75) is 13.8 Å². The maximum atomic E-state index is 12.5. The second kappa shape index (κ2) is 7.74. The van der Waals surface area contributed by atoms with Crippen LogP contribution in [0.2, 0.25) is 0 Å². The van der Waals surface area contributed by atoms with Crippen LogP contribution in [0.5, 0.6) is 5.75 Å². The number of aryl methyl sites for hydroxylation is 2. The van der Waals surface area contributed by atoms with E-state index in [0.29, 0.717) is 16.8 Å². The number of benzene rings is 3. The van der Waals surface area contributed by atoms with Gasteiger partial charge in [-0.05, 0) is 55.3 Å². The maximum Gasteiger partial charge on any atom is 0.256 e. The van der Waals surface area contributed by atoms with E-state index in [2.05, 4.69) is 10.6 Å². The van der Waals surface area contributed by atoms with Crippen LogP contribution in [0.1, 0.15) is 31.8 Å². The van der Waals surface area contributed by atoms with E-state index in [-0.39, 0.29) is 23.3 Å². The van der Waals surface area contributed by atoms with Crippen LogP contribution in [0.15, 0.2) is 66.7 Å². The third-order valence-electron chi connectivity index (χ3n) is 4.28. The van der Waals surface area contributed by atoms with Gasteiger partial charge in [-0.25, -0.2) is 0 Å². The Hall–Kier alpha value is -3.60. The highest BCUT2D eigenvalue weighted by Gasteiger charge is 2.13. The quantitative estimate of drug-likeness (QED) is 0.473. The number of aromatic hydroxyl groups is 1. The van der Waals surface area contributed by atoms with Gasteiger partial charge in [-0.15, -0.1) is 0 Å². The summed E-state index contributed by atoms with van der Waals surface area (Å²) in [5.41, 5.74) is 3.48. The molecule has 0 aliphatic heterocycles. The van der Waals surface area contributed by atoms with Gasteiger partial charge in [0.15, 0.2) is 0 Å². The predicted molar refractivity (Wildman–Crippen MR) is 106 cm³/mol. The van der Waals surface area contributed by atoms with Crippen LogP contribution in [-0.2, 0) is 0 Å². The molecule has 0 bridgehead atoms. The molecule has 27 heavy (non-hydrogen) atoms. The fourth-order valence-corrected chi connectivity index (χ4v) is 2.76. The Morgan fingerprint density at radius 1 is 0.741 bits per heavy atom. The van der Waals surface area contributed by atoms with Crippen molar-refractivity contribution in [2.24, 2.45) is 0 Å². The molecular formula is C22H20N2O3. The summed E-state index contributed by atoms with van der Waals surface area (Å²) in [4.78, 5) is 24.9. The second-order valence-electron chi connectivity index (χ2n) is 6.27. The van der Waals surface area contributed by atoms with E-state index in [9.17, 15) is 14.7 Å². The highest BCUT2D eigenvalue weighted by Crippen LogP contribution is 2.28. The van der Waals surface area contributed by atoms with Gasteiger partial charge in [0.2, 0.25) is 0 Å². The summed E-state index contributed by atoms with van der Waals surface area (Å²) in [6.07, 6.45) is 0. The molecule has 5 nitrogen and oxygen atoms in total. The first-order valence-electron chi connectivity index (χ1n) is 8.52. The van der Waals surface area contributed by atoms with Gasteiger partial charge in [0.25, 0.3) is 11.8 Å². The lowest BCUT2D eigenvalue weighted by Crippen LogP contribution is -2.15. The molecule has 5 heteroatoms. The molecule has 0 heterocycles. The molecule has 0 atom stereocenters. The number of carbonyl (C=O) groups is 2. The summed E-state index contributed by atoms with van der Waals surface area (Å²) >= 11 is 0. The highest BCUT2D eigenvalue weighted by molar-refractivity contribution is 6.08. The summed E-state index contributed by atoms with van der Waals surface area (Å²) in [6.45, 7) is 3.70. The monoisotopic (exact) mass is 360 g/mol. The van der Waals surface area contributed by atoms with Gasteiger partial charge in [-0.1, -0.05) is 36.4 Å². The van der Waals surface area contributed by atoms with Crippen molar-refractivity contribution in [3.8, 4) is 5.75 Å².